The van der Waals surface area contributed by atoms with Crippen molar-refractivity contribution in [1.82, 2.24) is 0 Å². The molecule has 0 amide bonds. The third kappa shape index (κ3) is 2.78. The first kappa shape index (κ1) is 18.0. The number of aryl methyl sites for hydroxylation is 3. The maximum Gasteiger partial charge on any atom is -0.00700 e. The topological polar surface area (TPSA) is 0 Å². The fourth-order valence-corrected chi connectivity index (χ4v) is 3.78. The predicted octanol–water partition coefficient (Wildman–Crippen LogP) is 5.56. The molecule has 2 aromatic carbocycles. The van der Waals surface area contributed by atoms with Crippen molar-refractivity contribution in [2.45, 2.75) is 41.0 Å². The predicted molar refractivity (Wildman–Crippen MR) is 110 cm³/mol. The normalized spacial score (nSPS) is 12.3. The molecule has 0 bridgehead atoms. The van der Waals surface area contributed by atoms with Gasteiger partial charge in [0.15, 0.2) is 0 Å². The van der Waals surface area contributed by atoms with Gasteiger partial charge in [0.25, 0.3) is 0 Å². The summed E-state index contributed by atoms with van der Waals surface area (Å²) in [5.41, 5.74) is 8.91. The first-order chi connectivity index (χ1) is 11.1. The highest BCUT2D eigenvalue weighted by Gasteiger charge is 2.14. The van der Waals surface area contributed by atoms with E-state index in [1.807, 2.05) is 12.2 Å². The van der Waals surface area contributed by atoms with Crippen LogP contribution in [0.5, 0.6) is 0 Å². The maximum absolute atomic E-state index is 4.07. The van der Waals surface area contributed by atoms with Crippen molar-refractivity contribution >= 4 is 24.3 Å². The van der Waals surface area contributed by atoms with Crippen LogP contribution in [0.3, 0.4) is 0 Å². The molecule has 0 radical (unpaired) electrons. The van der Waals surface area contributed by atoms with E-state index >= 15 is 0 Å². The van der Waals surface area contributed by atoms with Crippen molar-refractivity contribution in [1.29, 1.82) is 0 Å². The average Bonchev–Trinajstić information content (AvgIpc) is 2.55. The van der Waals surface area contributed by atoms with Crippen LogP contribution < -0.4 is 10.4 Å². The molecule has 0 aromatic heterocycles. The average molecular weight is 316 g/mol. The Hall–Kier alpha value is -2.34. The van der Waals surface area contributed by atoms with Crippen molar-refractivity contribution in [3.63, 3.8) is 0 Å². The van der Waals surface area contributed by atoms with Gasteiger partial charge in [0.1, 0.15) is 0 Å². The van der Waals surface area contributed by atoms with Gasteiger partial charge in [-0.2, -0.15) is 0 Å². The third-order valence-electron chi connectivity index (χ3n) is 4.86. The van der Waals surface area contributed by atoms with Gasteiger partial charge in [-0.3, -0.25) is 0 Å². The Morgan fingerprint density at radius 2 is 1.42 bits per heavy atom. The van der Waals surface area contributed by atoms with Crippen LogP contribution in [0, 0.1) is 20.8 Å². The van der Waals surface area contributed by atoms with E-state index in [0.717, 1.165) is 12.8 Å². The summed E-state index contributed by atoms with van der Waals surface area (Å²) in [6.45, 7) is 14.6. The Morgan fingerprint density at radius 3 is 2.04 bits per heavy atom. The molecular formula is C24H28. The summed E-state index contributed by atoms with van der Waals surface area (Å²) in [6, 6.07) is 6.77. The lowest BCUT2D eigenvalue weighted by atomic mass is 9.86. The zero-order valence-electron chi connectivity index (χ0n) is 14.4. The minimum Gasteiger partial charge on any atom is -0.0984 e. The molecule has 0 unspecified atom stereocenters. The molecule has 1 aliphatic carbocycles. The van der Waals surface area contributed by atoms with Crippen LogP contribution in [0.25, 0.3) is 35.4 Å². The summed E-state index contributed by atoms with van der Waals surface area (Å²) >= 11 is 0. The Balaban J connectivity index is 0.00000208. The third-order valence-corrected chi connectivity index (χ3v) is 4.86. The number of hydrogen-bond acceptors (Lipinski definition) is 0. The highest BCUT2D eigenvalue weighted by atomic mass is 14.2. The minimum atomic E-state index is 0. The molecule has 124 valence electrons. The van der Waals surface area contributed by atoms with Crippen LogP contribution in [-0.4, -0.2) is 0 Å². The Morgan fingerprint density at radius 1 is 0.792 bits per heavy atom. The van der Waals surface area contributed by atoms with E-state index in [0.29, 0.717) is 0 Å². The quantitative estimate of drug-likeness (QED) is 0.696. The monoisotopic (exact) mass is 316 g/mol. The molecule has 0 N–H and O–H groups in total. The number of fused-ring (bicyclic) bond motifs is 1. The molecular weight excluding hydrogens is 288 g/mol. The van der Waals surface area contributed by atoms with Gasteiger partial charge in [-0.05, 0) is 83.0 Å². The summed E-state index contributed by atoms with van der Waals surface area (Å²) in [6.07, 6.45) is 10.9. The van der Waals surface area contributed by atoms with Crippen molar-refractivity contribution in [2.24, 2.45) is 0 Å². The van der Waals surface area contributed by atoms with Gasteiger partial charge < -0.3 is 0 Å². The fraction of sp³-hybridized carbons (Fsp3) is 0.250. The van der Waals surface area contributed by atoms with Crippen LogP contribution in [0.2, 0.25) is 0 Å². The standard InChI is InChI=1S/C23H24.CH4/c1-6-18-16(4)14-17(5)23(19(18)7-2)22-13-12-15(3)20-10-8-9-11-21(20)22;/h6-7,10-14H,1-2,8-9H2,3-5H3;1H4. The van der Waals surface area contributed by atoms with E-state index in [1.165, 1.54) is 49.4 Å². The van der Waals surface area contributed by atoms with E-state index in [-0.39, 0.29) is 7.43 Å². The van der Waals surface area contributed by atoms with Gasteiger partial charge in [0, 0.05) is 0 Å². The largest absolute Gasteiger partial charge is 0.0984 e. The number of rotatable bonds is 3. The second-order valence-electron chi connectivity index (χ2n) is 6.36. The summed E-state index contributed by atoms with van der Waals surface area (Å²) in [5.74, 6) is 0. The van der Waals surface area contributed by atoms with Gasteiger partial charge in [-0.25, -0.2) is 0 Å². The Bertz CT molecular complexity index is 924. The van der Waals surface area contributed by atoms with E-state index in [2.05, 4.69) is 64.3 Å². The highest BCUT2D eigenvalue weighted by molar-refractivity contribution is 5.84. The van der Waals surface area contributed by atoms with Crippen LogP contribution in [0.4, 0.5) is 0 Å². The van der Waals surface area contributed by atoms with Gasteiger partial charge >= 0.3 is 0 Å². The van der Waals surface area contributed by atoms with E-state index in [9.17, 15) is 0 Å². The fourth-order valence-electron chi connectivity index (χ4n) is 3.78. The Kier molecular flexibility index (Phi) is 5.29. The molecule has 2 aromatic rings. The van der Waals surface area contributed by atoms with E-state index in [1.54, 1.807) is 0 Å². The van der Waals surface area contributed by atoms with Crippen LogP contribution in [-0.2, 0) is 0 Å². The minimum absolute atomic E-state index is 0. The van der Waals surface area contributed by atoms with Crippen LogP contribution in [0.15, 0.2) is 31.4 Å². The van der Waals surface area contributed by atoms with Crippen LogP contribution in [0.1, 0.15) is 48.1 Å². The molecule has 0 aliphatic heterocycles. The van der Waals surface area contributed by atoms with Crippen LogP contribution >= 0.6 is 0 Å². The second-order valence-corrected chi connectivity index (χ2v) is 6.36. The van der Waals surface area contributed by atoms with E-state index < -0.39 is 0 Å². The lowest BCUT2D eigenvalue weighted by Crippen LogP contribution is -2.31. The molecule has 0 saturated heterocycles. The van der Waals surface area contributed by atoms with Crippen molar-refractivity contribution < 1.29 is 0 Å². The first-order valence-corrected chi connectivity index (χ1v) is 8.28. The van der Waals surface area contributed by atoms with Gasteiger partial charge in [-0.1, -0.05) is 63.1 Å². The first-order valence-electron chi connectivity index (χ1n) is 8.28. The number of benzene rings is 2. The van der Waals surface area contributed by atoms with Gasteiger partial charge in [0.05, 0.1) is 0 Å². The molecule has 0 heterocycles. The van der Waals surface area contributed by atoms with Crippen molar-refractivity contribution in [3.05, 3.63) is 69.6 Å². The smallest absolute Gasteiger partial charge is 0.00700 e. The van der Waals surface area contributed by atoms with Crippen molar-refractivity contribution in [3.8, 4) is 11.1 Å². The number of hydrogen-bond donors (Lipinski definition) is 0. The molecule has 0 spiro atoms. The maximum atomic E-state index is 4.07. The van der Waals surface area contributed by atoms with Gasteiger partial charge in [0.2, 0.25) is 0 Å². The van der Waals surface area contributed by atoms with E-state index in [4.69, 9.17) is 0 Å². The lowest BCUT2D eigenvalue weighted by Gasteiger charge is -2.18. The lowest BCUT2D eigenvalue weighted by molar-refractivity contribution is 1.11. The molecule has 0 atom stereocenters. The molecule has 3 rings (SSSR count). The molecule has 0 heteroatoms. The molecule has 0 saturated carbocycles. The Labute approximate surface area is 146 Å². The summed E-state index contributed by atoms with van der Waals surface area (Å²) in [5, 5.41) is 2.77. The molecule has 0 fully saturated rings. The zero-order valence-corrected chi connectivity index (χ0v) is 14.4. The second kappa shape index (κ2) is 7.05. The SMILES string of the molecule is C.C=Cc1c(C)cc(C)c(-c2ccc(C)c3c2=CCCC=3)c1C=C. The molecule has 0 nitrogen and oxygen atoms in total. The summed E-state index contributed by atoms with van der Waals surface area (Å²) < 4.78 is 0. The summed E-state index contributed by atoms with van der Waals surface area (Å²) in [4.78, 5) is 0. The highest BCUT2D eigenvalue weighted by Crippen LogP contribution is 2.32. The molecule has 24 heavy (non-hydrogen) atoms. The van der Waals surface area contributed by atoms with Crippen molar-refractivity contribution in [2.75, 3.05) is 0 Å². The zero-order chi connectivity index (χ0) is 16.6. The van der Waals surface area contributed by atoms with Gasteiger partial charge in [-0.15, -0.1) is 0 Å². The molecule has 1 aliphatic rings. The summed E-state index contributed by atoms with van der Waals surface area (Å²) in [7, 11) is 0.